The van der Waals surface area contributed by atoms with Crippen LogP contribution in [0.25, 0.3) is 16.6 Å². The molecule has 0 aliphatic carbocycles. The van der Waals surface area contributed by atoms with E-state index in [0.717, 1.165) is 0 Å². The van der Waals surface area contributed by atoms with Gasteiger partial charge in [-0.2, -0.15) is 0 Å². The van der Waals surface area contributed by atoms with Crippen molar-refractivity contribution in [3.8, 4) is 11.4 Å². The molecule has 1 N–H and O–H groups in total. The maximum atomic E-state index is 12.9. The summed E-state index contributed by atoms with van der Waals surface area (Å²) < 4.78 is 6.34. The van der Waals surface area contributed by atoms with Crippen LogP contribution in [0.1, 0.15) is 10.4 Å². The van der Waals surface area contributed by atoms with Gasteiger partial charge in [-0.15, -0.1) is 0 Å². The van der Waals surface area contributed by atoms with Gasteiger partial charge in [-0.3, -0.25) is 9.36 Å². The molecular formula is C19H15NO4. The van der Waals surface area contributed by atoms with Crippen molar-refractivity contribution in [1.82, 2.24) is 4.57 Å². The minimum Gasteiger partial charge on any atom is -0.506 e. The first-order valence-corrected chi connectivity index (χ1v) is 7.35. The van der Waals surface area contributed by atoms with Crippen molar-refractivity contribution in [2.75, 3.05) is 6.61 Å². The van der Waals surface area contributed by atoms with Gasteiger partial charge in [0.05, 0.1) is 5.52 Å². The van der Waals surface area contributed by atoms with Crippen LogP contribution in [0.2, 0.25) is 0 Å². The number of para-hydroxylation sites is 2. The van der Waals surface area contributed by atoms with E-state index in [4.69, 9.17) is 4.74 Å². The Hall–Kier alpha value is -3.34. The Morgan fingerprint density at radius 3 is 2.50 bits per heavy atom. The lowest BCUT2D eigenvalue weighted by Gasteiger charge is -2.14. The van der Waals surface area contributed by atoms with Crippen LogP contribution in [0, 0.1) is 0 Å². The summed E-state index contributed by atoms with van der Waals surface area (Å²) in [6, 6.07) is 15.8. The number of benzene rings is 2. The molecule has 3 rings (SSSR count). The maximum absolute atomic E-state index is 12.9. The molecule has 1 heterocycles. The number of aromatic nitrogens is 1. The molecule has 0 atom stereocenters. The Morgan fingerprint density at radius 2 is 1.79 bits per heavy atom. The van der Waals surface area contributed by atoms with E-state index in [0.29, 0.717) is 16.6 Å². The van der Waals surface area contributed by atoms with Crippen molar-refractivity contribution >= 4 is 16.9 Å². The molecule has 0 amide bonds. The quantitative estimate of drug-likeness (QED) is 0.592. The third-order valence-electron chi connectivity index (χ3n) is 3.60. The molecule has 2 aromatic carbocycles. The molecule has 5 nitrogen and oxygen atoms in total. The monoisotopic (exact) mass is 321 g/mol. The summed E-state index contributed by atoms with van der Waals surface area (Å²) in [7, 11) is 0. The van der Waals surface area contributed by atoms with Crippen molar-refractivity contribution in [1.29, 1.82) is 0 Å². The number of ether oxygens (including phenoxy) is 1. The van der Waals surface area contributed by atoms with Crippen LogP contribution in [-0.2, 0) is 4.74 Å². The molecule has 0 aliphatic rings. The topological polar surface area (TPSA) is 68.5 Å². The Bertz CT molecular complexity index is 974. The van der Waals surface area contributed by atoms with Crippen LogP contribution >= 0.6 is 0 Å². The second kappa shape index (κ2) is 6.42. The van der Waals surface area contributed by atoms with Gasteiger partial charge in [0, 0.05) is 11.1 Å². The van der Waals surface area contributed by atoms with E-state index >= 15 is 0 Å². The molecule has 0 radical (unpaired) electrons. The largest absolute Gasteiger partial charge is 0.506 e. The molecule has 0 spiro atoms. The highest BCUT2D eigenvalue weighted by Crippen LogP contribution is 2.28. The highest BCUT2D eigenvalue weighted by atomic mass is 16.5. The van der Waals surface area contributed by atoms with E-state index in [9.17, 15) is 14.7 Å². The molecule has 1 aromatic heterocycles. The number of fused-ring (bicyclic) bond motifs is 1. The van der Waals surface area contributed by atoms with Crippen LogP contribution in [-0.4, -0.2) is 22.2 Å². The van der Waals surface area contributed by atoms with Gasteiger partial charge in [-0.1, -0.05) is 43.0 Å². The van der Waals surface area contributed by atoms with E-state index in [1.807, 2.05) is 6.07 Å². The van der Waals surface area contributed by atoms with Crippen molar-refractivity contribution < 1.29 is 14.6 Å². The van der Waals surface area contributed by atoms with Gasteiger partial charge in [-0.25, -0.2) is 4.79 Å². The number of hydrogen-bond donors (Lipinski definition) is 1. The molecule has 0 unspecified atom stereocenters. The highest BCUT2D eigenvalue weighted by molar-refractivity contribution is 6.00. The van der Waals surface area contributed by atoms with Crippen LogP contribution in [0.15, 0.2) is 72.0 Å². The van der Waals surface area contributed by atoms with Crippen molar-refractivity contribution in [3.63, 3.8) is 0 Å². The van der Waals surface area contributed by atoms with Gasteiger partial charge in [0.1, 0.15) is 12.4 Å². The summed E-state index contributed by atoms with van der Waals surface area (Å²) in [4.78, 5) is 25.1. The third kappa shape index (κ3) is 2.56. The zero-order valence-electron chi connectivity index (χ0n) is 12.8. The van der Waals surface area contributed by atoms with Crippen LogP contribution in [0.5, 0.6) is 5.75 Å². The number of esters is 1. The Morgan fingerprint density at radius 1 is 1.12 bits per heavy atom. The lowest BCUT2D eigenvalue weighted by atomic mass is 10.1. The summed E-state index contributed by atoms with van der Waals surface area (Å²) in [6.07, 6.45) is 1.39. The van der Waals surface area contributed by atoms with Crippen LogP contribution in [0.4, 0.5) is 0 Å². The van der Waals surface area contributed by atoms with E-state index in [1.165, 1.54) is 10.6 Å². The Balaban J connectivity index is 2.37. The standard InChI is InChI=1S/C19H15NO4/c1-2-12-24-19(23)16-17(21)14-10-6-7-11-15(14)20(18(16)22)13-8-4-3-5-9-13/h2-11,21H,1,12H2. The Labute approximate surface area is 138 Å². The number of hydrogen-bond acceptors (Lipinski definition) is 4. The average Bonchev–Trinajstić information content (AvgIpc) is 2.61. The predicted octanol–water partition coefficient (Wildman–Crippen LogP) is 3.04. The average molecular weight is 321 g/mol. The van der Waals surface area contributed by atoms with Gasteiger partial charge in [0.25, 0.3) is 5.56 Å². The molecule has 0 bridgehead atoms. The van der Waals surface area contributed by atoms with Crippen molar-refractivity contribution in [2.24, 2.45) is 0 Å². The first kappa shape index (κ1) is 15.6. The van der Waals surface area contributed by atoms with Gasteiger partial charge in [-0.05, 0) is 24.3 Å². The summed E-state index contributed by atoms with van der Waals surface area (Å²) in [5, 5.41) is 10.8. The summed E-state index contributed by atoms with van der Waals surface area (Å²) in [5.41, 5.74) is 0.0776. The van der Waals surface area contributed by atoms with Crippen molar-refractivity contribution in [2.45, 2.75) is 0 Å². The molecule has 24 heavy (non-hydrogen) atoms. The number of pyridine rings is 1. The normalized spacial score (nSPS) is 10.5. The second-order valence-corrected chi connectivity index (χ2v) is 5.10. The fourth-order valence-corrected chi connectivity index (χ4v) is 2.55. The second-order valence-electron chi connectivity index (χ2n) is 5.10. The molecule has 5 heteroatoms. The predicted molar refractivity (Wildman–Crippen MR) is 91.7 cm³/mol. The maximum Gasteiger partial charge on any atom is 0.347 e. The lowest BCUT2D eigenvalue weighted by molar-refractivity contribution is 0.0544. The zero-order chi connectivity index (χ0) is 17.1. The minimum absolute atomic E-state index is 0.0458. The minimum atomic E-state index is -0.882. The fraction of sp³-hybridized carbons (Fsp3) is 0.0526. The third-order valence-corrected chi connectivity index (χ3v) is 3.60. The summed E-state index contributed by atoms with van der Waals surface area (Å²) in [5.74, 6) is -1.26. The molecule has 120 valence electrons. The SMILES string of the molecule is C=CCOC(=O)c1c(O)c2ccccc2n(-c2ccccc2)c1=O. The van der Waals surface area contributed by atoms with E-state index in [2.05, 4.69) is 6.58 Å². The fourth-order valence-electron chi connectivity index (χ4n) is 2.55. The number of rotatable bonds is 4. The lowest BCUT2D eigenvalue weighted by Crippen LogP contribution is -2.27. The van der Waals surface area contributed by atoms with Gasteiger partial charge < -0.3 is 9.84 Å². The highest BCUT2D eigenvalue weighted by Gasteiger charge is 2.23. The van der Waals surface area contributed by atoms with Crippen LogP contribution in [0.3, 0.4) is 0 Å². The molecule has 3 aromatic rings. The molecular weight excluding hydrogens is 306 g/mol. The molecule has 0 fully saturated rings. The van der Waals surface area contributed by atoms with E-state index in [1.54, 1.807) is 48.5 Å². The number of nitrogens with zero attached hydrogens (tertiary/aromatic N) is 1. The Kier molecular flexibility index (Phi) is 4.16. The van der Waals surface area contributed by atoms with Crippen LogP contribution < -0.4 is 5.56 Å². The van der Waals surface area contributed by atoms with E-state index < -0.39 is 11.5 Å². The van der Waals surface area contributed by atoms with Gasteiger partial charge in [0.2, 0.25) is 0 Å². The smallest absolute Gasteiger partial charge is 0.347 e. The van der Waals surface area contributed by atoms with Crippen molar-refractivity contribution in [3.05, 3.63) is 83.2 Å². The number of carbonyl (C=O) groups is 1. The first-order chi connectivity index (χ1) is 11.6. The molecule has 0 saturated heterocycles. The zero-order valence-corrected chi connectivity index (χ0v) is 12.8. The van der Waals surface area contributed by atoms with E-state index in [-0.39, 0.29) is 17.9 Å². The number of carbonyl (C=O) groups excluding carboxylic acids is 1. The molecule has 0 aliphatic heterocycles. The first-order valence-electron chi connectivity index (χ1n) is 7.35. The summed E-state index contributed by atoms with van der Waals surface area (Å²) >= 11 is 0. The van der Waals surface area contributed by atoms with Gasteiger partial charge in [0.15, 0.2) is 5.56 Å². The summed E-state index contributed by atoms with van der Waals surface area (Å²) in [6.45, 7) is 3.42. The number of aromatic hydroxyl groups is 1. The van der Waals surface area contributed by atoms with Gasteiger partial charge >= 0.3 is 5.97 Å². The molecule has 0 saturated carbocycles.